The monoisotopic (exact) mass is 588 g/mol. The van der Waals surface area contributed by atoms with Crippen LogP contribution in [-0.4, -0.2) is 98.2 Å². The summed E-state index contributed by atoms with van der Waals surface area (Å²) in [5.41, 5.74) is 1.70. The highest BCUT2D eigenvalue weighted by Gasteiger charge is 2.58. The zero-order valence-electron chi connectivity index (χ0n) is 23.0. The lowest BCUT2D eigenvalue weighted by molar-refractivity contribution is -0.310. The third kappa shape index (κ3) is 5.46. The van der Waals surface area contributed by atoms with Crippen molar-refractivity contribution in [3.63, 3.8) is 0 Å². The standard InChI is InChI=1S/C30H36O12/c1-12-8-19(34)24-14(3)29(38)42-27(24)23-13(2)20(10-16(12)23)39-30-28(26(37)25(36)21(11-31)40-30)41-22(35)7-5-15-4-6-17(32)18(33)9-15/h4-7,9,14,16,19-21,23-28,30-34,36-37H,1-2,8,10-11H2,3H3. The molecule has 1 aromatic rings. The lowest BCUT2D eigenvalue weighted by Gasteiger charge is -2.42. The summed E-state index contributed by atoms with van der Waals surface area (Å²) >= 11 is 0. The average Bonchev–Trinajstić information content (AvgIpc) is 3.39. The van der Waals surface area contributed by atoms with Gasteiger partial charge in [0.05, 0.1) is 24.7 Å². The van der Waals surface area contributed by atoms with Crippen LogP contribution >= 0.6 is 0 Å². The summed E-state index contributed by atoms with van der Waals surface area (Å²) in [7, 11) is 0. The molecule has 2 aliphatic carbocycles. The van der Waals surface area contributed by atoms with Gasteiger partial charge in [0.15, 0.2) is 23.9 Å². The van der Waals surface area contributed by atoms with Crippen LogP contribution in [0, 0.1) is 23.7 Å². The van der Waals surface area contributed by atoms with E-state index in [-0.39, 0.29) is 23.8 Å². The second-order valence-corrected chi connectivity index (χ2v) is 11.5. The Morgan fingerprint density at radius 3 is 2.57 bits per heavy atom. The van der Waals surface area contributed by atoms with Crippen LogP contribution < -0.4 is 0 Å². The Kier molecular flexibility index (Phi) is 8.48. The van der Waals surface area contributed by atoms with E-state index in [2.05, 4.69) is 13.2 Å². The normalized spacial score (nSPS) is 40.0. The van der Waals surface area contributed by atoms with E-state index in [9.17, 15) is 40.2 Å². The SMILES string of the molecule is C=C1CC(O)C2C(C)C(=O)OC2C2C(=C)C(OC3OC(CO)C(O)C(O)C3OC(=O)C=Cc3ccc(O)c(O)c3)CC12. The van der Waals surface area contributed by atoms with Crippen molar-refractivity contribution in [1.82, 2.24) is 0 Å². The quantitative estimate of drug-likeness (QED) is 0.117. The molecule has 6 N–H and O–H groups in total. The van der Waals surface area contributed by atoms with Gasteiger partial charge in [0, 0.05) is 17.9 Å². The predicted octanol–water partition coefficient (Wildman–Crippen LogP) is 0.538. The summed E-state index contributed by atoms with van der Waals surface area (Å²) in [5, 5.41) is 61.0. The Balaban J connectivity index is 1.35. The molecule has 4 aliphatic rings. The highest BCUT2D eigenvalue weighted by molar-refractivity contribution is 5.87. The molecule has 0 bridgehead atoms. The van der Waals surface area contributed by atoms with Crippen LogP contribution in [0.2, 0.25) is 0 Å². The first-order valence-electron chi connectivity index (χ1n) is 13.8. The number of hydrogen-bond donors (Lipinski definition) is 6. The molecule has 0 aromatic heterocycles. The Labute approximate surface area is 242 Å². The smallest absolute Gasteiger partial charge is 0.331 e. The van der Waals surface area contributed by atoms with Crippen molar-refractivity contribution in [2.45, 2.75) is 68.8 Å². The van der Waals surface area contributed by atoms with Gasteiger partial charge in [-0.25, -0.2) is 4.79 Å². The minimum absolute atomic E-state index is 0.233. The van der Waals surface area contributed by atoms with E-state index in [1.165, 1.54) is 24.3 Å². The maximum absolute atomic E-state index is 12.7. The zero-order chi connectivity index (χ0) is 30.5. The average molecular weight is 589 g/mol. The highest BCUT2D eigenvalue weighted by atomic mass is 16.7. The van der Waals surface area contributed by atoms with Crippen LogP contribution in [0.15, 0.2) is 48.6 Å². The summed E-state index contributed by atoms with van der Waals surface area (Å²) in [4.78, 5) is 25.2. The van der Waals surface area contributed by atoms with Gasteiger partial charge in [-0.15, -0.1) is 0 Å². The summed E-state index contributed by atoms with van der Waals surface area (Å²) in [6.45, 7) is 9.47. The molecule has 0 amide bonds. The van der Waals surface area contributed by atoms with E-state index in [0.29, 0.717) is 17.6 Å². The van der Waals surface area contributed by atoms with E-state index in [1.54, 1.807) is 6.92 Å². The van der Waals surface area contributed by atoms with Crippen molar-refractivity contribution in [2.24, 2.45) is 23.7 Å². The van der Waals surface area contributed by atoms with E-state index in [0.717, 1.165) is 11.6 Å². The second kappa shape index (κ2) is 11.8. The predicted molar refractivity (Wildman–Crippen MR) is 144 cm³/mol. The molecule has 4 fully saturated rings. The van der Waals surface area contributed by atoms with Gasteiger partial charge < -0.3 is 49.6 Å². The highest BCUT2D eigenvalue weighted by Crippen LogP contribution is 2.53. The van der Waals surface area contributed by atoms with Crippen LogP contribution in [0.4, 0.5) is 0 Å². The number of rotatable bonds is 6. The van der Waals surface area contributed by atoms with Gasteiger partial charge >= 0.3 is 11.9 Å². The van der Waals surface area contributed by atoms with Gasteiger partial charge in [0.2, 0.25) is 0 Å². The summed E-state index contributed by atoms with van der Waals surface area (Å²) < 4.78 is 23.1. The van der Waals surface area contributed by atoms with Crippen LogP contribution in [0.25, 0.3) is 6.08 Å². The topological polar surface area (TPSA) is 192 Å². The first-order valence-corrected chi connectivity index (χ1v) is 13.8. The third-order valence-corrected chi connectivity index (χ3v) is 8.90. The number of esters is 2. The number of fused-ring (bicyclic) bond motifs is 3. The van der Waals surface area contributed by atoms with Crippen molar-refractivity contribution in [3.8, 4) is 11.5 Å². The zero-order valence-corrected chi connectivity index (χ0v) is 23.0. The number of benzene rings is 1. The molecule has 12 nitrogen and oxygen atoms in total. The molecule has 2 heterocycles. The van der Waals surface area contributed by atoms with Crippen molar-refractivity contribution in [3.05, 3.63) is 54.1 Å². The molecule has 2 aliphatic heterocycles. The molecule has 5 rings (SSSR count). The minimum atomic E-state index is -1.68. The Morgan fingerprint density at radius 2 is 1.88 bits per heavy atom. The number of carbonyl (C=O) groups is 2. The van der Waals surface area contributed by atoms with Crippen molar-refractivity contribution in [1.29, 1.82) is 0 Å². The molecule has 1 aromatic carbocycles. The van der Waals surface area contributed by atoms with Gasteiger partial charge in [-0.05, 0) is 48.1 Å². The molecule has 12 unspecified atom stereocenters. The molecule has 0 spiro atoms. The molecule has 42 heavy (non-hydrogen) atoms. The van der Waals surface area contributed by atoms with Gasteiger partial charge in [0.1, 0.15) is 24.4 Å². The molecule has 0 radical (unpaired) electrons. The number of aliphatic hydroxyl groups is 4. The number of hydrogen-bond acceptors (Lipinski definition) is 12. The van der Waals surface area contributed by atoms with Gasteiger partial charge in [-0.3, -0.25) is 4.79 Å². The number of phenolic OH excluding ortho intramolecular Hbond substituents is 2. The Bertz CT molecular complexity index is 1270. The van der Waals surface area contributed by atoms with Gasteiger partial charge in [-0.1, -0.05) is 31.7 Å². The molecule has 2 saturated carbocycles. The van der Waals surface area contributed by atoms with Crippen LogP contribution in [0.1, 0.15) is 25.3 Å². The van der Waals surface area contributed by atoms with Crippen LogP contribution in [0.3, 0.4) is 0 Å². The van der Waals surface area contributed by atoms with Crippen LogP contribution in [-0.2, 0) is 28.5 Å². The van der Waals surface area contributed by atoms with Gasteiger partial charge in [-0.2, -0.15) is 0 Å². The number of phenols is 2. The first-order chi connectivity index (χ1) is 19.9. The molecule has 12 heteroatoms. The minimum Gasteiger partial charge on any atom is -0.504 e. The van der Waals surface area contributed by atoms with E-state index in [1.807, 2.05) is 0 Å². The lowest BCUT2D eigenvalue weighted by atomic mass is 9.79. The fourth-order valence-electron chi connectivity index (χ4n) is 6.62. The number of carbonyl (C=O) groups excluding carboxylic acids is 2. The fourth-order valence-corrected chi connectivity index (χ4v) is 6.62. The molecular weight excluding hydrogens is 552 g/mol. The number of ether oxygens (including phenoxy) is 4. The third-order valence-electron chi connectivity index (χ3n) is 8.90. The number of aromatic hydroxyl groups is 2. The number of aliphatic hydroxyl groups excluding tert-OH is 4. The molecule has 12 atom stereocenters. The maximum Gasteiger partial charge on any atom is 0.331 e. The molecular formula is C30H36O12. The largest absolute Gasteiger partial charge is 0.504 e. The summed E-state index contributed by atoms with van der Waals surface area (Å²) in [6.07, 6.45) is -6.61. The Morgan fingerprint density at radius 1 is 1.14 bits per heavy atom. The van der Waals surface area contributed by atoms with E-state index >= 15 is 0 Å². The molecule has 228 valence electrons. The van der Waals surface area contributed by atoms with Crippen molar-refractivity contribution >= 4 is 18.0 Å². The van der Waals surface area contributed by atoms with E-state index < -0.39 is 85.3 Å². The summed E-state index contributed by atoms with van der Waals surface area (Å²) in [6, 6.07) is 3.92. The molecule has 2 saturated heterocycles. The lowest BCUT2D eigenvalue weighted by Crippen LogP contribution is -2.60. The fraction of sp³-hybridized carbons (Fsp3) is 0.533. The summed E-state index contributed by atoms with van der Waals surface area (Å²) in [5.74, 6) is -3.61. The van der Waals surface area contributed by atoms with Crippen molar-refractivity contribution < 1.29 is 59.2 Å². The van der Waals surface area contributed by atoms with Crippen LogP contribution in [0.5, 0.6) is 11.5 Å². The second-order valence-electron chi connectivity index (χ2n) is 11.5. The van der Waals surface area contributed by atoms with Gasteiger partial charge in [0.25, 0.3) is 0 Å². The maximum atomic E-state index is 12.7. The Hall–Kier alpha value is -3.26. The first kappa shape index (κ1) is 30.2. The van der Waals surface area contributed by atoms with Crippen molar-refractivity contribution in [2.75, 3.05) is 6.61 Å². The van der Waals surface area contributed by atoms with E-state index in [4.69, 9.17) is 18.9 Å².